The van der Waals surface area contributed by atoms with Crippen molar-refractivity contribution in [1.82, 2.24) is 9.97 Å². The van der Waals surface area contributed by atoms with Crippen LogP contribution in [-0.4, -0.2) is 23.2 Å². The standard InChI is InChI=1S/C12H17N3OS/c1-4-8-6-9-11(13)14-10(5-7(2)16-3)15-12(9)17-8/h6-7H,4-5H2,1-3H3,(H2,13,14,15). The summed E-state index contributed by atoms with van der Waals surface area (Å²) in [6, 6.07) is 2.08. The largest absolute Gasteiger partial charge is 0.383 e. The molecule has 4 nitrogen and oxygen atoms in total. The number of nitrogen functional groups attached to an aromatic ring is 1. The maximum atomic E-state index is 5.96. The fraction of sp³-hybridized carbons (Fsp3) is 0.500. The first-order valence-corrected chi connectivity index (χ1v) is 6.53. The summed E-state index contributed by atoms with van der Waals surface area (Å²) in [6.07, 6.45) is 1.80. The molecule has 92 valence electrons. The minimum Gasteiger partial charge on any atom is -0.383 e. The van der Waals surface area contributed by atoms with E-state index in [2.05, 4.69) is 23.0 Å². The Kier molecular flexibility index (Phi) is 3.59. The molecule has 0 fully saturated rings. The fourth-order valence-corrected chi connectivity index (χ4v) is 2.64. The van der Waals surface area contributed by atoms with Gasteiger partial charge < -0.3 is 10.5 Å². The first-order chi connectivity index (χ1) is 8.13. The molecule has 0 aromatic carbocycles. The van der Waals surface area contributed by atoms with Gasteiger partial charge in [0.05, 0.1) is 11.5 Å². The highest BCUT2D eigenvalue weighted by Gasteiger charge is 2.11. The number of ether oxygens (including phenoxy) is 1. The molecule has 5 heteroatoms. The summed E-state index contributed by atoms with van der Waals surface area (Å²) in [5, 5.41) is 0.973. The molecule has 0 bridgehead atoms. The number of aryl methyl sites for hydroxylation is 1. The molecular formula is C12H17N3OS. The molecule has 0 saturated heterocycles. The van der Waals surface area contributed by atoms with Crippen LogP contribution in [0.1, 0.15) is 24.5 Å². The van der Waals surface area contributed by atoms with Crippen LogP contribution in [-0.2, 0) is 17.6 Å². The van der Waals surface area contributed by atoms with Crippen LogP contribution in [0.4, 0.5) is 5.82 Å². The average Bonchev–Trinajstić information content (AvgIpc) is 2.72. The van der Waals surface area contributed by atoms with Crippen molar-refractivity contribution in [1.29, 1.82) is 0 Å². The van der Waals surface area contributed by atoms with Crippen molar-refractivity contribution in [2.75, 3.05) is 12.8 Å². The van der Waals surface area contributed by atoms with Gasteiger partial charge in [-0.05, 0) is 19.4 Å². The second-order valence-electron chi connectivity index (χ2n) is 4.06. The Labute approximate surface area is 105 Å². The molecule has 2 N–H and O–H groups in total. The van der Waals surface area contributed by atoms with Crippen molar-refractivity contribution in [2.45, 2.75) is 32.8 Å². The first kappa shape index (κ1) is 12.3. The molecule has 1 unspecified atom stereocenters. The molecule has 0 saturated carbocycles. The van der Waals surface area contributed by atoms with Gasteiger partial charge in [-0.25, -0.2) is 9.97 Å². The van der Waals surface area contributed by atoms with Crippen molar-refractivity contribution in [3.63, 3.8) is 0 Å². The second kappa shape index (κ2) is 4.98. The monoisotopic (exact) mass is 251 g/mol. The fourth-order valence-electron chi connectivity index (χ4n) is 1.65. The molecule has 0 spiro atoms. The summed E-state index contributed by atoms with van der Waals surface area (Å²) in [4.78, 5) is 11.1. The van der Waals surface area contributed by atoms with Gasteiger partial charge in [0.15, 0.2) is 0 Å². The van der Waals surface area contributed by atoms with E-state index in [-0.39, 0.29) is 6.10 Å². The van der Waals surface area contributed by atoms with Gasteiger partial charge in [0, 0.05) is 18.4 Å². The third-order valence-corrected chi connectivity index (χ3v) is 3.91. The molecule has 2 aromatic rings. The molecule has 0 aliphatic heterocycles. The number of anilines is 1. The topological polar surface area (TPSA) is 61.0 Å². The molecule has 1 atom stereocenters. The van der Waals surface area contributed by atoms with E-state index in [0.29, 0.717) is 12.2 Å². The number of methoxy groups -OCH3 is 1. The smallest absolute Gasteiger partial charge is 0.135 e. The highest BCUT2D eigenvalue weighted by Crippen LogP contribution is 2.27. The van der Waals surface area contributed by atoms with E-state index in [1.807, 2.05) is 6.92 Å². The van der Waals surface area contributed by atoms with Crippen LogP contribution in [0.3, 0.4) is 0 Å². The summed E-state index contributed by atoms with van der Waals surface area (Å²) >= 11 is 1.69. The van der Waals surface area contributed by atoms with Crippen molar-refractivity contribution < 1.29 is 4.74 Å². The Morgan fingerprint density at radius 3 is 2.88 bits per heavy atom. The molecule has 2 aromatic heterocycles. The van der Waals surface area contributed by atoms with Gasteiger partial charge in [-0.1, -0.05) is 6.92 Å². The van der Waals surface area contributed by atoms with Crippen molar-refractivity contribution in [2.24, 2.45) is 0 Å². The number of nitrogens with zero attached hydrogens (tertiary/aromatic N) is 2. The average molecular weight is 251 g/mol. The lowest BCUT2D eigenvalue weighted by atomic mass is 10.2. The van der Waals surface area contributed by atoms with E-state index in [0.717, 1.165) is 22.5 Å². The van der Waals surface area contributed by atoms with Crippen LogP contribution in [0, 0.1) is 0 Å². The number of fused-ring (bicyclic) bond motifs is 1. The lowest BCUT2D eigenvalue weighted by Gasteiger charge is -2.08. The molecule has 17 heavy (non-hydrogen) atoms. The predicted molar refractivity (Wildman–Crippen MR) is 71.4 cm³/mol. The van der Waals surface area contributed by atoms with Gasteiger partial charge >= 0.3 is 0 Å². The number of rotatable bonds is 4. The highest BCUT2D eigenvalue weighted by atomic mass is 32.1. The maximum Gasteiger partial charge on any atom is 0.135 e. The SMILES string of the molecule is CCc1cc2c(N)nc(CC(C)OC)nc2s1. The normalized spacial score (nSPS) is 13.1. The van der Waals surface area contributed by atoms with Crippen LogP contribution in [0.25, 0.3) is 10.2 Å². The summed E-state index contributed by atoms with van der Waals surface area (Å²) in [5.74, 6) is 1.33. The zero-order valence-electron chi connectivity index (χ0n) is 10.4. The van der Waals surface area contributed by atoms with Crippen LogP contribution in [0.2, 0.25) is 0 Å². The Bertz CT molecular complexity index is 524. The van der Waals surface area contributed by atoms with Crippen LogP contribution in [0.15, 0.2) is 6.07 Å². The van der Waals surface area contributed by atoms with Gasteiger partial charge in [0.25, 0.3) is 0 Å². The summed E-state index contributed by atoms with van der Waals surface area (Å²) < 4.78 is 5.21. The molecule has 2 rings (SSSR count). The van der Waals surface area contributed by atoms with E-state index >= 15 is 0 Å². The minimum atomic E-state index is 0.109. The van der Waals surface area contributed by atoms with E-state index in [9.17, 15) is 0 Å². The Hall–Kier alpha value is -1.20. The van der Waals surface area contributed by atoms with Gasteiger partial charge in [-0.3, -0.25) is 0 Å². The highest BCUT2D eigenvalue weighted by molar-refractivity contribution is 7.18. The zero-order chi connectivity index (χ0) is 12.4. The molecule has 2 heterocycles. The van der Waals surface area contributed by atoms with Crippen molar-refractivity contribution in [3.05, 3.63) is 16.8 Å². The second-order valence-corrected chi connectivity index (χ2v) is 5.18. The summed E-state index contributed by atoms with van der Waals surface area (Å²) in [5.41, 5.74) is 5.96. The predicted octanol–water partition coefficient (Wildman–Crippen LogP) is 2.41. The Morgan fingerprint density at radius 1 is 1.47 bits per heavy atom. The maximum absolute atomic E-state index is 5.96. The first-order valence-electron chi connectivity index (χ1n) is 5.71. The zero-order valence-corrected chi connectivity index (χ0v) is 11.2. The number of hydrogen-bond acceptors (Lipinski definition) is 5. The van der Waals surface area contributed by atoms with Gasteiger partial charge in [0.2, 0.25) is 0 Å². The van der Waals surface area contributed by atoms with E-state index in [4.69, 9.17) is 10.5 Å². The van der Waals surface area contributed by atoms with E-state index in [1.54, 1.807) is 18.4 Å². The number of aromatic nitrogens is 2. The van der Waals surface area contributed by atoms with Crippen LogP contribution < -0.4 is 5.73 Å². The van der Waals surface area contributed by atoms with E-state index < -0.39 is 0 Å². The summed E-state index contributed by atoms with van der Waals surface area (Å²) in [7, 11) is 1.69. The number of thiophene rings is 1. The third kappa shape index (κ3) is 2.56. The van der Waals surface area contributed by atoms with Gasteiger partial charge in [-0.15, -0.1) is 11.3 Å². The van der Waals surface area contributed by atoms with Crippen LogP contribution in [0.5, 0.6) is 0 Å². The van der Waals surface area contributed by atoms with Gasteiger partial charge in [0.1, 0.15) is 16.5 Å². The quantitative estimate of drug-likeness (QED) is 0.906. The number of nitrogens with two attached hydrogens (primary N) is 1. The van der Waals surface area contributed by atoms with Crippen molar-refractivity contribution >= 4 is 27.4 Å². The van der Waals surface area contributed by atoms with E-state index in [1.165, 1.54) is 4.88 Å². The Balaban J connectivity index is 2.40. The molecule has 0 aliphatic carbocycles. The minimum absolute atomic E-state index is 0.109. The summed E-state index contributed by atoms with van der Waals surface area (Å²) in [6.45, 7) is 4.12. The lowest BCUT2D eigenvalue weighted by Crippen LogP contribution is -2.12. The number of hydrogen-bond donors (Lipinski definition) is 1. The lowest BCUT2D eigenvalue weighted by molar-refractivity contribution is 0.117. The molecule has 0 amide bonds. The molecule has 0 radical (unpaired) electrons. The van der Waals surface area contributed by atoms with Gasteiger partial charge in [-0.2, -0.15) is 0 Å². The molecule has 0 aliphatic rings. The molecular weight excluding hydrogens is 234 g/mol. The van der Waals surface area contributed by atoms with Crippen molar-refractivity contribution in [3.8, 4) is 0 Å². The Morgan fingerprint density at radius 2 is 2.24 bits per heavy atom. The van der Waals surface area contributed by atoms with Crippen LogP contribution >= 0.6 is 11.3 Å². The third-order valence-electron chi connectivity index (χ3n) is 2.74.